The number of carbonyl (C=O) groups is 1. The number of carbonyl (C=O) groups excluding carboxylic acids is 1. The number of sulfonamides is 1. The van der Waals surface area contributed by atoms with Crippen LogP contribution in [-0.2, 0) is 10.0 Å². The van der Waals surface area contributed by atoms with E-state index in [1.54, 1.807) is 43.5 Å². The van der Waals surface area contributed by atoms with Crippen LogP contribution in [0.5, 0.6) is 5.75 Å². The number of methoxy groups -OCH3 is 1. The summed E-state index contributed by atoms with van der Waals surface area (Å²) in [7, 11) is 0.930. The van der Waals surface area contributed by atoms with Crippen LogP contribution < -0.4 is 10.1 Å². The first-order chi connectivity index (χ1) is 11.3. The number of ketones is 1. The van der Waals surface area contributed by atoms with Crippen LogP contribution in [0.15, 0.2) is 53.4 Å². The van der Waals surface area contributed by atoms with E-state index in [9.17, 15) is 13.2 Å². The number of Topliss-reactive ketones (excluding diaryl/α,β-unsaturated/α-hetero) is 1. The Morgan fingerprint density at radius 3 is 2.38 bits per heavy atom. The quantitative estimate of drug-likeness (QED) is 0.777. The summed E-state index contributed by atoms with van der Waals surface area (Å²) in [6, 6.07) is 13.2. The number of hydrogen-bond donors (Lipinski definition) is 1. The predicted molar refractivity (Wildman–Crippen MR) is 93.1 cm³/mol. The molecule has 128 valence electrons. The van der Waals surface area contributed by atoms with Gasteiger partial charge in [0, 0.05) is 25.3 Å². The second kappa shape index (κ2) is 7.46. The molecule has 0 radical (unpaired) electrons. The second-order valence-electron chi connectivity index (χ2n) is 5.32. The van der Waals surface area contributed by atoms with E-state index in [0.29, 0.717) is 5.56 Å². The topological polar surface area (TPSA) is 75.7 Å². The fourth-order valence-corrected chi connectivity index (χ4v) is 2.98. The van der Waals surface area contributed by atoms with Crippen LogP contribution in [0.4, 0.5) is 5.69 Å². The number of rotatable bonds is 7. The van der Waals surface area contributed by atoms with Crippen molar-refractivity contribution < 1.29 is 17.9 Å². The maximum atomic E-state index is 12.3. The van der Waals surface area contributed by atoms with Gasteiger partial charge >= 0.3 is 0 Å². The average Bonchev–Trinajstić information content (AvgIpc) is 2.60. The van der Waals surface area contributed by atoms with Crippen LogP contribution in [0, 0.1) is 0 Å². The van der Waals surface area contributed by atoms with Crippen molar-refractivity contribution in [2.24, 2.45) is 0 Å². The molecule has 6 nitrogen and oxygen atoms in total. The molecule has 0 aliphatic carbocycles. The van der Waals surface area contributed by atoms with Gasteiger partial charge in [-0.25, -0.2) is 12.7 Å². The van der Waals surface area contributed by atoms with Crippen LogP contribution in [0.2, 0.25) is 0 Å². The molecule has 0 fully saturated rings. The van der Waals surface area contributed by atoms with Crippen LogP contribution in [-0.4, -0.2) is 46.3 Å². The number of nitrogens with zero attached hydrogens (tertiary/aromatic N) is 1. The molecule has 0 aliphatic rings. The van der Waals surface area contributed by atoms with Crippen molar-refractivity contribution in [3.8, 4) is 5.75 Å². The largest absolute Gasteiger partial charge is 0.497 e. The molecule has 0 unspecified atom stereocenters. The lowest BCUT2D eigenvalue weighted by Gasteiger charge is -2.12. The van der Waals surface area contributed by atoms with E-state index in [1.165, 1.54) is 26.2 Å². The van der Waals surface area contributed by atoms with Crippen LogP contribution in [0.25, 0.3) is 0 Å². The molecule has 0 spiro atoms. The molecule has 0 saturated carbocycles. The highest BCUT2D eigenvalue weighted by atomic mass is 32.2. The highest BCUT2D eigenvalue weighted by molar-refractivity contribution is 7.89. The third-order valence-electron chi connectivity index (χ3n) is 3.48. The smallest absolute Gasteiger partial charge is 0.242 e. The first kappa shape index (κ1) is 18.0. The van der Waals surface area contributed by atoms with E-state index in [-0.39, 0.29) is 17.2 Å². The molecule has 2 aromatic rings. The number of hydrogen-bond acceptors (Lipinski definition) is 5. The predicted octanol–water partition coefficient (Wildman–Crippen LogP) is 2.24. The Morgan fingerprint density at radius 2 is 1.79 bits per heavy atom. The molecule has 1 N–H and O–H groups in total. The van der Waals surface area contributed by atoms with Gasteiger partial charge in [-0.3, -0.25) is 4.79 Å². The Morgan fingerprint density at radius 1 is 1.12 bits per heavy atom. The molecular formula is C17H20N2O4S. The number of ether oxygens (including phenoxy) is 1. The maximum absolute atomic E-state index is 12.3. The first-order valence-electron chi connectivity index (χ1n) is 7.28. The summed E-state index contributed by atoms with van der Waals surface area (Å²) in [5.41, 5.74) is 1.13. The van der Waals surface area contributed by atoms with Gasteiger partial charge in [0.1, 0.15) is 5.75 Å². The van der Waals surface area contributed by atoms with Gasteiger partial charge in [-0.15, -0.1) is 0 Å². The SMILES string of the molecule is COc1ccc(NCC(=O)c2cccc(S(=O)(=O)N(C)C)c2)cc1. The van der Waals surface area contributed by atoms with E-state index in [0.717, 1.165) is 15.7 Å². The van der Waals surface area contributed by atoms with Crippen molar-refractivity contribution >= 4 is 21.5 Å². The number of nitrogens with one attached hydrogen (secondary N) is 1. The average molecular weight is 348 g/mol. The van der Waals surface area contributed by atoms with E-state index < -0.39 is 10.0 Å². The molecule has 0 bridgehead atoms. The minimum Gasteiger partial charge on any atom is -0.497 e. The Hall–Kier alpha value is -2.38. The summed E-state index contributed by atoms with van der Waals surface area (Å²) in [5, 5.41) is 3.01. The minimum atomic E-state index is -3.56. The third-order valence-corrected chi connectivity index (χ3v) is 5.29. The minimum absolute atomic E-state index is 0.0673. The zero-order valence-corrected chi connectivity index (χ0v) is 14.6. The van der Waals surface area contributed by atoms with Gasteiger partial charge in [-0.1, -0.05) is 12.1 Å². The lowest BCUT2D eigenvalue weighted by molar-refractivity contribution is 0.101. The molecule has 2 rings (SSSR count). The molecule has 0 aliphatic heterocycles. The van der Waals surface area contributed by atoms with E-state index in [4.69, 9.17) is 4.74 Å². The van der Waals surface area contributed by atoms with Crippen LogP contribution >= 0.6 is 0 Å². The molecule has 0 saturated heterocycles. The van der Waals surface area contributed by atoms with Gasteiger partial charge in [0.05, 0.1) is 18.6 Å². The number of benzene rings is 2. The second-order valence-corrected chi connectivity index (χ2v) is 7.47. The highest BCUT2D eigenvalue weighted by Gasteiger charge is 2.18. The fourth-order valence-electron chi connectivity index (χ4n) is 2.03. The summed E-state index contributed by atoms with van der Waals surface area (Å²) in [5.74, 6) is 0.537. The standard InChI is InChI=1S/C17H20N2O4S/c1-19(2)24(21,22)16-6-4-5-13(11-16)17(20)12-18-14-7-9-15(23-3)10-8-14/h4-11,18H,12H2,1-3H3. The van der Waals surface area contributed by atoms with Crippen LogP contribution in [0.3, 0.4) is 0 Å². The first-order valence-corrected chi connectivity index (χ1v) is 8.72. The van der Waals surface area contributed by atoms with Crippen molar-refractivity contribution in [1.82, 2.24) is 4.31 Å². The Bertz CT molecular complexity index is 815. The normalized spacial score (nSPS) is 11.3. The summed E-state index contributed by atoms with van der Waals surface area (Å²) < 4.78 is 30.5. The van der Waals surface area contributed by atoms with Gasteiger partial charge in [0.15, 0.2) is 5.78 Å². The summed E-state index contributed by atoms with van der Waals surface area (Å²) in [4.78, 5) is 12.4. The maximum Gasteiger partial charge on any atom is 0.242 e. The Labute approximate surface area is 142 Å². The summed E-state index contributed by atoms with van der Waals surface area (Å²) >= 11 is 0. The molecular weight excluding hydrogens is 328 g/mol. The van der Waals surface area contributed by atoms with E-state index >= 15 is 0 Å². The number of anilines is 1. The third kappa shape index (κ3) is 4.12. The van der Waals surface area contributed by atoms with E-state index in [1.807, 2.05) is 0 Å². The fraction of sp³-hybridized carbons (Fsp3) is 0.235. The molecule has 0 heterocycles. The van der Waals surface area contributed by atoms with Gasteiger partial charge in [-0.05, 0) is 36.4 Å². The lowest BCUT2D eigenvalue weighted by atomic mass is 10.1. The van der Waals surface area contributed by atoms with Crippen molar-refractivity contribution in [3.63, 3.8) is 0 Å². The molecule has 7 heteroatoms. The lowest BCUT2D eigenvalue weighted by Crippen LogP contribution is -2.22. The molecule has 2 aromatic carbocycles. The molecule has 0 amide bonds. The molecule has 24 heavy (non-hydrogen) atoms. The van der Waals surface area contributed by atoms with Gasteiger partial charge in [0.25, 0.3) is 0 Å². The molecule has 0 aromatic heterocycles. The van der Waals surface area contributed by atoms with Gasteiger partial charge in [-0.2, -0.15) is 0 Å². The molecule has 0 atom stereocenters. The summed E-state index contributed by atoms with van der Waals surface area (Å²) in [6.07, 6.45) is 0. The highest BCUT2D eigenvalue weighted by Crippen LogP contribution is 2.17. The van der Waals surface area contributed by atoms with E-state index in [2.05, 4.69) is 5.32 Å². The van der Waals surface area contributed by atoms with Gasteiger partial charge in [0.2, 0.25) is 10.0 Å². The monoisotopic (exact) mass is 348 g/mol. The summed E-state index contributed by atoms with van der Waals surface area (Å²) in [6.45, 7) is 0.0673. The van der Waals surface area contributed by atoms with Crippen molar-refractivity contribution in [2.45, 2.75) is 4.90 Å². The van der Waals surface area contributed by atoms with Crippen LogP contribution in [0.1, 0.15) is 10.4 Å². The zero-order chi connectivity index (χ0) is 17.7. The Kier molecular flexibility index (Phi) is 5.58. The van der Waals surface area contributed by atoms with Crippen molar-refractivity contribution in [2.75, 3.05) is 33.1 Å². The zero-order valence-electron chi connectivity index (χ0n) is 13.8. The van der Waals surface area contributed by atoms with Crippen molar-refractivity contribution in [3.05, 3.63) is 54.1 Å². The Balaban J connectivity index is 2.10. The van der Waals surface area contributed by atoms with Gasteiger partial charge < -0.3 is 10.1 Å². The van der Waals surface area contributed by atoms with Crippen molar-refractivity contribution in [1.29, 1.82) is 0 Å².